The summed E-state index contributed by atoms with van der Waals surface area (Å²) < 4.78 is 10.7. The van der Waals surface area contributed by atoms with Crippen LogP contribution in [0.25, 0.3) is 0 Å². The van der Waals surface area contributed by atoms with Crippen molar-refractivity contribution in [3.05, 3.63) is 36.0 Å². The molecule has 2 aromatic rings. The normalized spacial score (nSPS) is 11.8. The molecule has 24 heavy (non-hydrogen) atoms. The number of hydrogen-bond acceptors (Lipinski definition) is 6. The molecule has 2 rings (SSSR count). The Balaban J connectivity index is 1.89. The van der Waals surface area contributed by atoms with Crippen LogP contribution in [0.4, 0.5) is 5.69 Å². The third-order valence-electron chi connectivity index (χ3n) is 3.43. The van der Waals surface area contributed by atoms with Gasteiger partial charge in [-0.25, -0.2) is 0 Å². The summed E-state index contributed by atoms with van der Waals surface area (Å²) in [5.74, 6) is 1.86. The van der Waals surface area contributed by atoms with Gasteiger partial charge in [0.2, 0.25) is 5.89 Å². The zero-order valence-corrected chi connectivity index (χ0v) is 14.6. The van der Waals surface area contributed by atoms with Crippen LogP contribution >= 0.6 is 0 Å². The third-order valence-corrected chi connectivity index (χ3v) is 3.43. The van der Waals surface area contributed by atoms with Crippen LogP contribution in [0.15, 0.2) is 28.8 Å². The number of likely N-dealkylation sites (N-methyl/N-ethyl adjacent to an activating group) is 1. The smallest absolute Gasteiger partial charge is 0.259 e. The number of hydrogen-bond donors (Lipinski definition) is 1. The lowest BCUT2D eigenvalue weighted by molar-refractivity contribution is -0.130. The Morgan fingerprint density at radius 2 is 2.04 bits per heavy atom. The number of anilines is 1. The van der Waals surface area contributed by atoms with Crippen LogP contribution in [0, 0.1) is 0 Å². The maximum atomic E-state index is 11.5. The minimum atomic E-state index is -0.0924. The van der Waals surface area contributed by atoms with Crippen molar-refractivity contribution in [3.63, 3.8) is 0 Å². The highest BCUT2D eigenvalue weighted by Gasteiger charge is 2.14. The molecule has 130 valence electrons. The summed E-state index contributed by atoms with van der Waals surface area (Å²) in [6.07, 6.45) is 1.80. The number of amides is 1. The van der Waals surface area contributed by atoms with Gasteiger partial charge in [-0.3, -0.25) is 4.79 Å². The van der Waals surface area contributed by atoms with Crippen LogP contribution in [0.2, 0.25) is 0 Å². The van der Waals surface area contributed by atoms with E-state index in [1.807, 2.05) is 31.2 Å². The summed E-state index contributed by atoms with van der Waals surface area (Å²) in [5, 5.41) is 7.25. The molecule has 1 aromatic carbocycles. The van der Waals surface area contributed by atoms with Gasteiger partial charge < -0.3 is 19.5 Å². The molecule has 1 heterocycles. The molecular weight excluding hydrogens is 308 g/mol. The largest absolute Gasteiger partial charge is 0.484 e. The van der Waals surface area contributed by atoms with E-state index >= 15 is 0 Å². The van der Waals surface area contributed by atoms with E-state index in [1.165, 1.54) is 4.90 Å². The number of benzene rings is 1. The number of nitrogens with one attached hydrogen (secondary N) is 1. The van der Waals surface area contributed by atoms with Gasteiger partial charge in [-0.05, 0) is 37.6 Å². The van der Waals surface area contributed by atoms with Crippen LogP contribution < -0.4 is 10.1 Å². The maximum Gasteiger partial charge on any atom is 0.259 e. The Morgan fingerprint density at radius 3 is 2.67 bits per heavy atom. The average molecular weight is 332 g/mol. The summed E-state index contributed by atoms with van der Waals surface area (Å²) in [6.45, 7) is 4.06. The number of aromatic nitrogens is 2. The van der Waals surface area contributed by atoms with Gasteiger partial charge in [-0.15, -0.1) is 0 Å². The second-order valence-corrected chi connectivity index (χ2v) is 5.77. The summed E-state index contributed by atoms with van der Waals surface area (Å²) in [7, 11) is 3.40. The fourth-order valence-electron chi connectivity index (χ4n) is 2.00. The summed E-state index contributed by atoms with van der Waals surface area (Å²) in [6, 6.07) is 7.30. The number of carbonyl (C=O) groups excluding carboxylic acids is 1. The van der Waals surface area contributed by atoms with E-state index in [1.54, 1.807) is 14.1 Å². The van der Waals surface area contributed by atoms with E-state index in [4.69, 9.17) is 9.26 Å². The molecule has 1 amide bonds. The van der Waals surface area contributed by atoms with Crippen molar-refractivity contribution in [2.75, 3.05) is 26.0 Å². The number of ether oxygens (including phenoxy) is 1. The molecule has 0 unspecified atom stereocenters. The molecule has 0 radical (unpaired) electrons. The molecule has 0 saturated carbocycles. The van der Waals surface area contributed by atoms with Gasteiger partial charge in [0.15, 0.2) is 12.4 Å². The molecule has 0 aliphatic rings. The second kappa shape index (κ2) is 8.33. The molecule has 0 bridgehead atoms. The number of carbonyl (C=O) groups is 1. The molecule has 7 nitrogen and oxygen atoms in total. The van der Waals surface area contributed by atoms with Gasteiger partial charge >= 0.3 is 0 Å². The summed E-state index contributed by atoms with van der Waals surface area (Å²) in [4.78, 5) is 17.4. The van der Waals surface area contributed by atoms with E-state index in [9.17, 15) is 4.79 Å². The van der Waals surface area contributed by atoms with Crippen LogP contribution in [0.5, 0.6) is 5.75 Å². The van der Waals surface area contributed by atoms with Gasteiger partial charge in [0, 0.05) is 26.2 Å². The fourth-order valence-corrected chi connectivity index (χ4v) is 2.00. The van der Waals surface area contributed by atoms with E-state index in [-0.39, 0.29) is 18.6 Å². The molecule has 7 heteroatoms. The molecule has 0 saturated heterocycles. The van der Waals surface area contributed by atoms with Gasteiger partial charge in [0.25, 0.3) is 5.91 Å². The molecule has 0 spiro atoms. The second-order valence-electron chi connectivity index (χ2n) is 5.77. The Morgan fingerprint density at radius 1 is 1.33 bits per heavy atom. The van der Waals surface area contributed by atoms with Gasteiger partial charge in [-0.2, -0.15) is 4.98 Å². The van der Waals surface area contributed by atoms with Crippen molar-refractivity contribution in [2.24, 2.45) is 0 Å². The van der Waals surface area contributed by atoms with E-state index in [2.05, 4.69) is 22.4 Å². The quantitative estimate of drug-likeness (QED) is 0.800. The van der Waals surface area contributed by atoms with Crippen LogP contribution in [0.3, 0.4) is 0 Å². The first kappa shape index (κ1) is 17.8. The summed E-state index contributed by atoms with van der Waals surface area (Å²) in [5.41, 5.74) is 0.907. The minimum Gasteiger partial charge on any atom is -0.484 e. The highest BCUT2D eigenvalue weighted by molar-refractivity contribution is 5.77. The number of aryl methyl sites for hydroxylation is 1. The highest BCUT2D eigenvalue weighted by Crippen LogP contribution is 2.21. The van der Waals surface area contributed by atoms with Crippen LogP contribution in [-0.4, -0.2) is 41.6 Å². The van der Waals surface area contributed by atoms with Crippen molar-refractivity contribution >= 4 is 11.6 Å². The first-order chi connectivity index (χ1) is 11.5. The fraction of sp³-hybridized carbons (Fsp3) is 0.471. The predicted octanol–water partition coefficient (Wildman–Crippen LogP) is 2.66. The first-order valence-electron chi connectivity index (χ1n) is 8.01. The predicted molar refractivity (Wildman–Crippen MR) is 91.0 cm³/mol. The lowest BCUT2D eigenvalue weighted by Crippen LogP contribution is -2.27. The highest BCUT2D eigenvalue weighted by atomic mass is 16.5. The Hall–Kier alpha value is -2.57. The number of rotatable bonds is 8. The Kier molecular flexibility index (Phi) is 6.17. The molecular formula is C17H24N4O3. The van der Waals surface area contributed by atoms with Crippen molar-refractivity contribution in [1.29, 1.82) is 0 Å². The van der Waals surface area contributed by atoms with Crippen molar-refractivity contribution in [2.45, 2.75) is 32.7 Å². The molecule has 0 aliphatic heterocycles. The topological polar surface area (TPSA) is 80.5 Å². The van der Waals surface area contributed by atoms with E-state index < -0.39 is 0 Å². The third kappa shape index (κ3) is 4.97. The van der Waals surface area contributed by atoms with Gasteiger partial charge in [0.1, 0.15) is 11.8 Å². The van der Waals surface area contributed by atoms with Crippen molar-refractivity contribution < 1.29 is 14.1 Å². The lowest BCUT2D eigenvalue weighted by Gasteiger charge is -2.13. The SMILES string of the molecule is CCCc1noc([C@@H](C)Nc2ccc(OCC(=O)N(C)C)cc2)n1. The molecule has 0 aliphatic carbocycles. The molecule has 0 fully saturated rings. The zero-order valence-electron chi connectivity index (χ0n) is 14.6. The van der Waals surface area contributed by atoms with Crippen LogP contribution in [0.1, 0.15) is 38.0 Å². The lowest BCUT2D eigenvalue weighted by atomic mass is 10.2. The molecule has 1 atom stereocenters. The average Bonchev–Trinajstić information content (AvgIpc) is 3.03. The van der Waals surface area contributed by atoms with Gasteiger partial charge in [0.05, 0.1) is 0 Å². The standard InChI is InChI=1S/C17H24N4O3/c1-5-6-15-19-17(24-20-15)12(2)18-13-7-9-14(10-8-13)23-11-16(22)21(3)4/h7-10,12,18H,5-6,11H2,1-4H3/t12-/m1/s1. The zero-order chi connectivity index (χ0) is 17.5. The Bertz CT molecular complexity index is 652. The maximum absolute atomic E-state index is 11.5. The minimum absolute atomic E-state index is 0.0262. The van der Waals surface area contributed by atoms with Crippen molar-refractivity contribution in [3.8, 4) is 5.75 Å². The summed E-state index contributed by atoms with van der Waals surface area (Å²) >= 11 is 0. The number of nitrogens with zero attached hydrogens (tertiary/aromatic N) is 3. The molecule has 1 aromatic heterocycles. The monoisotopic (exact) mass is 332 g/mol. The van der Waals surface area contributed by atoms with E-state index in [0.29, 0.717) is 11.6 Å². The van der Waals surface area contributed by atoms with Crippen LogP contribution in [-0.2, 0) is 11.2 Å². The Labute approximate surface area is 142 Å². The van der Waals surface area contributed by atoms with Gasteiger partial charge in [-0.1, -0.05) is 12.1 Å². The first-order valence-corrected chi connectivity index (χ1v) is 8.01. The van der Waals surface area contributed by atoms with Crippen molar-refractivity contribution in [1.82, 2.24) is 15.0 Å². The molecule has 1 N–H and O–H groups in total. The van der Waals surface area contributed by atoms with E-state index in [0.717, 1.165) is 24.4 Å².